The third-order valence-electron chi connectivity index (χ3n) is 3.41. The lowest BCUT2D eigenvalue weighted by molar-refractivity contribution is 0.751. The van der Waals surface area contributed by atoms with E-state index in [2.05, 4.69) is 52.0 Å². The number of aromatic nitrogens is 4. The van der Waals surface area contributed by atoms with Gasteiger partial charge in [-0.25, -0.2) is 9.67 Å². The molecule has 104 valence electrons. The van der Waals surface area contributed by atoms with E-state index in [9.17, 15) is 0 Å². The van der Waals surface area contributed by atoms with Crippen LogP contribution in [0.1, 0.15) is 18.2 Å². The molecular weight excluding hydrogens is 318 g/mol. The monoisotopic (exact) mass is 333 g/mol. The van der Waals surface area contributed by atoms with Gasteiger partial charge in [0.2, 0.25) is 5.95 Å². The van der Waals surface area contributed by atoms with Gasteiger partial charge in [-0.15, -0.1) is 0 Å². The number of fused-ring (bicyclic) bond motifs is 1. The molecule has 0 amide bonds. The van der Waals surface area contributed by atoms with Crippen LogP contribution in [0.5, 0.6) is 0 Å². The highest BCUT2D eigenvalue weighted by Gasteiger charge is 2.19. The third kappa shape index (κ3) is 1.83. The summed E-state index contributed by atoms with van der Waals surface area (Å²) in [5, 5.41) is 4.51. The molecule has 0 fully saturated rings. The van der Waals surface area contributed by atoms with Crippen LogP contribution in [-0.2, 0) is 13.5 Å². The number of nitrogen functional groups attached to an aromatic ring is 1. The van der Waals surface area contributed by atoms with Crippen molar-refractivity contribution in [2.45, 2.75) is 20.3 Å². The van der Waals surface area contributed by atoms with Crippen molar-refractivity contribution in [3.05, 3.63) is 33.9 Å². The number of rotatable bonds is 2. The highest BCUT2D eigenvalue weighted by Crippen LogP contribution is 2.30. The Hall–Kier alpha value is -1.82. The van der Waals surface area contributed by atoms with Crippen LogP contribution in [0.2, 0.25) is 0 Å². The number of benzene rings is 1. The number of halogens is 1. The van der Waals surface area contributed by atoms with Crippen LogP contribution in [0.15, 0.2) is 22.7 Å². The fourth-order valence-electron chi connectivity index (χ4n) is 2.47. The Bertz CT molecular complexity index is 800. The van der Waals surface area contributed by atoms with Gasteiger partial charge in [0.1, 0.15) is 5.52 Å². The van der Waals surface area contributed by atoms with Gasteiger partial charge in [-0.05, 0) is 47.0 Å². The number of hydrogen-bond acceptors (Lipinski definition) is 3. The van der Waals surface area contributed by atoms with Gasteiger partial charge in [0.25, 0.3) is 0 Å². The maximum Gasteiger partial charge on any atom is 0.207 e. The largest absolute Gasteiger partial charge is 0.369 e. The summed E-state index contributed by atoms with van der Waals surface area (Å²) in [6.07, 6.45) is 0.836. The van der Waals surface area contributed by atoms with Crippen LogP contribution in [0.3, 0.4) is 0 Å². The normalized spacial score (nSPS) is 11.4. The minimum absolute atomic E-state index is 0.479. The number of nitrogens with two attached hydrogens (primary N) is 1. The Morgan fingerprint density at radius 3 is 2.75 bits per heavy atom. The Balaban J connectivity index is 2.36. The van der Waals surface area contributed by atoms with Crippen molar-refractivity contribution >= 4 is 33.0 Å². The standard InChI is InChI=1S/C14H16BrN5/c1-4-10-12-13(19(3)18-10)20(14(16)17-12)11-6-5-8(2)7-9(11)15/h5-7H,4H2,1-3H3,(H2,16,17). The second-order valence-corrected chi connectivity index (χ2v) is 5.71. The molecule has 0 radical (unpaired) electrons. The smallest absolute Gasteiger partial charge is 0.207 e. The number of imidazole rings is 1. The van der Waals surface area contributed by atoms with Crippen molar-refractivity contribution < 1.29 is 0 Å². The molecule has 0 saturated carbocycles. The molecule has 6 heteroatoms. The van der Waals surface area contributed by atoms with Crippen LogP contribution in [-0.4, -0.2) is 19.3 Å². The van der Waals surface area contributed by atoms with E-state index >= 15 is 0 Å². The topological polar surface area (TPSA) is 61.7 Å². The predicted molar refractivity (Wildman–Crippen MR) is 84.1 cm³/mol. The fourth-order valence-corrected chi connectivity index (χ4v) is 3.14. The van der Waals surface area contributed by atoms with Crippen LogP contribution in [0.25, 0.3) is 16.9 Å². The van der Waals surface area contributed by atoms with Crippen LogP contribution in [0, 0.1) is 6.92 Å². The second kappa shape index (κ2) is 4.63. The Kier molecular flexibility index (Phi) is 3.05. The van der Waals surface area contributed by atoms with E-state index in [1.54, 1.807) is 0 Å². The van der Waals surface area contributed by atoms with E-state index in [1.807, 2.05) is 22.4 Å². The van der Waals surface area contributed by atoms with Crippen molar-refractivity contribution in [3.63, 3.8) is 0 Å². The van der Waals surface area contributed by atoms with Crippen molar-refractivity contribution in [2.24, 2.45) is 7.05 Å². The number of nitrogens with zero attached hydrogens (tertiary/aromatic N) is 4. The van der Waals surface area contributed by atoms with E-state index in [0.29, 0.717) is 5.95 Å². The zero-order valence-electron chi connectivity index (χ0n) is 11.7. The van der Waals surface area contributed by atoms with Crippen LogP contribution >= 0.6 is 15.9 Å². The molecule has 0 aliphatic heterocycles. The molecule has 0 aliphatic carbocycles. The summed E-state index contributed by atoms with van der Waals surface area (Å²) in [6, 6.07) is 6.16. The van der Waals surface area contributed by atoms with E-state index < -0.39 is 0 Å². The third-order valence-corrected chi connectivity index (χ3v) is 4.04. The molecule has 0 bridgehead atoms. The number of anilines is 1. The summed E-state index contributed by atoms with van der Waals surface area (Å²) in [5.74, 6) is 0.479. The molecule has 0 unspecified atom stereocenters. The number of aryl methyl sites for hydroxylation is 3. The van der Waals surface area contributed by atoms with Crippen LogP contribution in [0.4, 0.5) is 5.95 Å². The van der Waals surface area contributed by atoms with E-state index in [4.69, 9.17) is 5.73 Å². The van der Waals surface area contributed by atoms with Gasteiger partial charge >= 0.3 is 0 Å². The zero-order valence-corrected chi connectivity index (χ0v) is 13.3. The first-order valence-electron chi connectivity index (χ1n) is 6.49. The van der Waals surface area contributed by atoms with Gasteiger partial charge in [0.15, 0.2) is 5.65 Å². The molecule has 0 aliphatic rings. The number of hydrogen-bond donors (Lipinski definition) is 1. The molecule has 0 atom stereocenters. The lowest BCUT2D eigenvalue weighted by Gasteiger charge is -2.09. The lowest BCUT2D eigenvalue weighted by Crippen LogP contribution is -2.05. The molecule has 20 heavy (non-hydrogen) atoms. The van der Waals surface area contributed by atoms with E-state index in [1.165, 1.54) is 5.56 Å². The molecule has 3 aromatic rings. The zero-order chi connectivity index (χ0) is 14.4. The SMILES string of the molecule is CCc1nn(C)c2c1nc(N)n2-c1ccc(C)cc1Br. The van der Waals surface area contributed by atoms with Gasteiger partial charge in [-0.2, -0.15) is 5.10 Å². The molecule has 2 heterocycles. The van der Waals surface area contributed by atoms with Crippen LogP contribution < -0.4 is 5.73 Å². The van der Waals surface area contributed by atoms with Gasteiger partial charge in [-0.3, -0.25) is 4.57 Å². The Morgan fingerprint density at radius 2 is 2.10 bits per heavy atom. The average molecular weight is 334 g/mol. The minimum Gasteiger partial charge on any atom is -0.369 e. The van der Waals surface area contributed by atoms with Crippen molar-refractivity contribution in [1.29, 1.82) is 0 Å². The Labute approximate surface area is 125 Å². The first-order valence-corrected chi connectivity index (χ1v) is 7.28. The lowest BCUT2D eigenvalue weighted by atomic mass is 10.2. The van der Waals surface area contributed by atoms with Crippen molar-refractivity contribution in [2.75, 3.05) is 5.73 Å². The molecule has 2 aromatic heterocycles. The summed E-state index contributed by atoms with van der Waals surface area (Å²) < 4.78 is 4.76. The summed E-state index contributed by atoms with van der Waals surface area (Å²) in [6.45, 7) is 4.12. The van der Waals surface area contributed by atoms with E-state index in [0.717, 1.165) is 33.4 Å². The Morgan fingerprint density at radius 1 is 1.35 bits per heavy atom. The molecule has 2 N–H and O–H groups in total. The fraction of sp³-hybridized carbons (Fsp3) is 0.286. The van der Waals surface area contributed by atoms with Gasteiger partial charge in [0.05, 0.1) is 11.4 Å². The molecule has 5 nitrogen and oxygen atoms in total. The first kappa shape index (κ1) is 13.2. The average Bonchev–Trinajstić information content (AvgIpc) is 2.87. The van der Waals surface area contributed by atoms with Gasteiger partial charge < -0.3 is 5.73 Å². The molecule has 1 aromatic carbocycles. The maximum absolute atomic E-state index is 6.12. The van der Waals surface area contributed by atoms with Gasteiger partial charge in [0, 0.05) is 11.5 Å². The minimum atomic E-state index is 0.479. The molecule has 0 spiro atoms. The summed E-state index contributed by atoms with van der Waals surface area (Å²) in [4.78, 5) is 4.48. The van der Waals surface area contributed by atoms with Crippen molar-refractivity contribution in [3.8, 4) is 5.69 Å². The summed E-state index contributed by atoms with van der Waals surface area (Å²) in [5.41, 5.74) is 11.0. The predicted octanol–water partition coefficient (Wildman–Crippen LogP) is 2.97. The first-order chi connectivity index (χ1) is 9.52. The highest BCUT2D eigenvalue weighted by atomic mass is 79.9. The molecule has 0 saturated heterocycles. The van der Waals surface area contributed by atoms with Crippen molar-refractivity contribution in [1.82, 2.24) is 19.3 Å². The maximum atomic E-state index is 6.12. The second-order valence-electron chi connectivity index (χ2n) is 4.86. The summed E-state index contributed by atoms with van der Waals surface area (Å²) >= 11 is 3.60. The highest BCUT2D eigenvalue weighted by molar-refractivity contribution is 9.10. The summed E-state index contributed by atoms with van der Waals surface area (Å²) in [7, 11) is 1.92. The van der Waals surface area contributed by atoms with Gasteiger partial charge in [-0.1, -0.05) is 13.0 Å². The molecular formula is C14H16BrN5. The quantitative estimate of drug-likeness (QED) is 0.784. The molecule has 3 rings (SSSR count). The van der Waals surface area contributed by atoms with E-state index in [-0.39, 0.29) is 0 Å².